The molecule has 0 saturated heterocycles. The van der Waals surface area contributed by atoms with Gasteiger partial charge in [0.15, 0.2) is 0 Å². The summed E-state index contributed by atoms with van der Waals surface area (Å²) in [7, 11) is 0. The van der Waals surface area contributed by atoms with E-state index in [0.717, 1.165) is 18.4 Å². The molecule has 15 heavy (non-hydrogen) atoms. The van der Waals surface area contributed by atoms with Gasteiger partial charge in [0.05, 0.1) is 17.5 Å². The predicted octanol–water partition coefficient (Wildman–Crippen LogP) is 0.130. The van der Waals surface area contributed by atoms with E-state index in [2.05, 4.69) is 10.3 Å². The molecule has 1 aliphatic carbocycles. The third-order valence-corrected chi connectivity index (χ3v) is 2.60. The lowest BCUT2D eigenvalue weighted by Gasteiger charge is -2.02. The zero-order chi connectivity index (χ0) is 10.4. The molecule has 0 radical (unpaired) electrons. The number of hydrogen-bond acceptors (Lipinski definition) is 4. The van der Waals surface area contributed by atoms with Gasteiger partial charge in [0, 0.05) is 0 Å². The zero-order valence-corrected chi connectivity index (χ0v) is 7.88. The summed E-state index contributed by atoms with van der Waals surface area (Å²) in [6.45, 7) is 0. The van der Waals surface area contributed by atoms with Crippen molar-refractivity contribution in [3.05, 3.63) is 23.8 Å². The van der Waals surface area contributed by atoms with E-state index >= 15 is 0 Å². The maximum absolute atomic E-state index is 10.6. The van der Waals surface area contributed by atoms with E-state index in [1.165, 1.54) is 12.1 Å². The van der Waals surface area contributed by atoms with Crippen LogP contribution in [-0.2, 0) is 0 Å². The lowest BCUT2D eigenvalue weighted by atomic mass is 10.2. The maximum Gasteiger partial charge on any atom is 0.113 e. The fraction of sp³-hybridized carbons (Fsp3) is 0.300. The first-order valence-corrected chi connectivity index (χ1v) is 4.82. The number of benzene rings is 1. The van der Waals surface area contributed by atoms with Gasteiger partial charge in [-0.05, 0) is 30.5 Å². The fourth-order valence-electron chi connectivity index (χ4n) is 1.66. The summed E-state index contributed by atoms with van der Waals surface area (Å²) >= 11 is 0. The minimum Gasteiger partial charge on any atom is -0.545 e. The molecule has 76 valence electrons. The Bertz CT molecular complexity index is 543. The standard InChI is InChI=1S/C10H9N3O2/c14-10(15)6-1-4-9-8(5-6)11-12-13(9)7-2-3-7/h1,4-5,7H,2-3H2,(H,14,15)/p-1. The number of carbonyl (C=O) groups is 1. The molecule has 0 amide bonds. The number of hydrogen-bond donors (Lipinski definition) is 0. The van der Waals surface area contributed by atoms with Gasteiger partial charge in [-0.25, -0.2) is 4.68 Å². The molecule has 1 saturated carbocycles. The predicted molar refractivity (Wildman–Crippen MR) is 50.1 cm³/mol. The lowest BCUT2D eigenvalue weighted by Crippen LogP contribution is -2.21. The van der Waals surface area contributed by atoms with E-state index < -0.39 is 5.97 Å². The topological polar surface area (TPSA) is 70.8 Å². The number of carbonyl (C=O) groups excluding carboxylic acids is 1. The highest BCUT2D eigenvalue weighted by Gasteiger charge is 2.26. The van der Waals surface area contributed by atoms with Crippen LogP contribution in [-0.4, -0.2) is 21.0 Å². The Morgan fingerprint density at radius 2 is 2.27 bits per heavy atom. The molecule has 0 atom stereocenters. The molecule has 0 N–H and O–H groups in total. The van der Waals surface area contributed by atoms with Gasteiger partial charge < -0.3 is 9.90 Å². The maximum atomic E-state index is 10.6. The zero-order valence-electron chi connectivity index (χ0n) is 7.88. The van der Waals surface area contributed by atoms with E-state index in [9.17, 15) is 9.90 Å². The normalized spacial score (nSPS) is 15.7. The first kappa shape index (κ1) is 8.40. The van der Waals surface area contributed by atoms with Crippen LogP contribution >= 0.6 is 0 Å². The van der Waals surface area contributed by atoms with Crippen LogP contribution in [0.4, 0.5) is 0 Å². The Kier molecular flexibility index (Phi) is 1.56. The van der Waals surface area contributed by atoms with Crippen molar-refractivity contribution < 1.29 is 9.90 Å². The van der Waals surface area contributed by atoms with Crippen LogP contribution in [0, 0.1) is 0 Å². The highest BCUT2D eigenvalue weighted by atomic mass is 16.4. The van der Waals surface area contributed by atoms with E-state index in [1.807, 2.05) is 4.68 Å². The second-order valence-corrected chi connectivity index (χ2v) is 3.76. The van der Waals surface area contributed by atoms with Crippen LogP contribution in [0.1, 0.15) is 29.2 Å². The first-order valence-electron chi connectivity index (χ1n) is 4.82. The highest BCUT2D eigenvalue weighted by Crippen LogP contribution is 2.36. The van der Waals surface area contributed by atoms with E-state index in [4.69, 9.17) is 0 Å². The van der Waals surface area contributed by atoms with Crippen molar-refractivity contribution in [1.82, 2.24) is 15.0 Å². The number of carboxylic acids is 1. The summed E-state index contributed by atoms with van der Waals surface area (Å²) in [4.78, 5) is 10.6. The number of aromatic carboxylic acids is 1. The molecule has 5 nitrogen and oxygen atoms in total. The molecule has 2 aromatic rings. The largest absolute Gasteiger partial charge is 0.545 e. The second-order valence-electron chi connectivity index (χ2n) is 3.76. The number of rotatable bonds is 2. The molecular formula is C10H8N3O2-. The van der Waals surface area contributed by atoms with Gasteiger partial charge in [0.1, 0.15) is 5.52 Å². The van der Waals surface area contributed by atoms with Crippen LogP contribution < -0.4 is 5.11 Å². The van der Waals surface area contributed by atoms with Crippen LogP contribution in [0.5, 0.6) is 0 Å². The van der Waals surface area contributed by atoms with Gasteiger partial charge in [0.25, 0.3) is 0 Å². The summed E-state index contributed by atoms with van der Waals surface area (Å²) < 4.78 is 1.86. The molecule has 1 aliphatic rings. The molecule has 0 bridgehead atoms. The Labute approximate surface area is 85.3 Å². The Hall–Kier alpha value is -1.91. The third-order valence-electron chi connectivity index (χ3n) is 2.60. The minimum atomic E-state index is -1.18. The molecule has 1 aromatic heterocycles. The first-order chi connectivity index (χ1) is 7.25. The molecule has 5 heteroatoms. The van der Waals surface area contributed by atoms with Gasteiger partial charge in [0.2, 0.25) is 0 Å². The van der Waals surface area contributed by atoms with E-state index in [-0.39, 0.29) is 5.56 Å². The lowest BCUT2D eigenvalue weighted by molar-refractivity contribution is -0.255. The van der Waals surface area contributed by atoms with Gasteiger partial charge in [-0.15, -0.1) is 5.10 Å². The molecule has 0 unspecified atom stereocenters. The molecule has 1 heterocycles. The van der Waals surface area contributed by atoms with Crippen LogP contribution in [0.2, 0.25) is 0 Å². The fourth-order valence-corrected chi connectivity index (χ4v) is 1.66. The van der Waals surface area contributed by atoms with Crippen molar-refractivity contribution in [3.8, 4) is 0 Å². The molecule has 3 rings (SSSR count). The van der Waals surface area contributed by atoms with E-state index in [0.29, 0.717) is 11.6 Å². The molecular weight excluding hydrogens is 194 g/mol. The van der Waals surface area contributed by atoms with Crippen molar-refractivity contribution in [1.29, 1.82) is 0 Å². The number of nitrogens with zero attached hydrogens (tertiary/aromatic N) is 3. The molecule has 1 aromatic carbocycles. The summed E-state index contributed by atoms with van der Waals surface area (Å²) in [5, 5.41) is 18.6. The van der Waals surface area contributed by atoms with Gasteiger partial charge >= 0.3 is 0 Å². The smallest absolute Gasteiger partial charge is 0.113 e. The van der Waals surface area contributed by atoms with Gasteiger partial charge in [-0.2, -0.15) is 0 Å². The summed E-state index contributed by atoms with van der Waals surface area (Å²) in [5.41, 5.74) is 1.65. The monoisotopic (exact) mass is 202 g/mol. The molecule has 0 spiro atoms. The Morgan fingerprint density at radius 3 is 2.93 bits per heavy atom. The van der Waals surface area contributed by atoms with Crippen molar-refractivity contribution >= 4 is 17.0 Å². The summed E-state index contributed by atoms with van der Waals surface area (Å²) in [6.07, 6.45) is 2.25. The second kappa shape index (κ2) is 2.79. The van der Waals surface area contributed by atoms with Crippen LogP contribution in [0.25, 0.3) is 11.0 Å². The summed E-state index contributed by atoms with van der Waals surface area (Å²) in [5.74, 6) is -1.18. The average Bonchev–Trinajstić information content (AvgIpc) is 2.98. The average molecular weight is 202 g/mol. The van der Waals surface area contributed by atoms with Crippen molar-refractivity contribution in [2.24, 2.45) is 0 Å². The van der Waals surface area contributed by atoms with Crippen molar-refractivity contribution in [2.45, 2.75) is 18.9 Å². The summed E-state index contributed by atoms with van der Waals surface area (Å²) in [6, 6.07) is 5.21. The SMILES string of the molecule is O=C([O-])c1ccc2c(c1)nnn2C1CC1. The Morgan fingerprint density at radius 1 is 1.47 bits per heavy atom. The number of fused-ring (bicyclic) bond motifs is 1. The highest BCUT2D eigenvalue weighted by molar-refractivity contribution is 5.90. The number of carboxylic acid groups (broad SMARTS) is 1. The van der Waals surface area contributed by atoms with Crippen LogP contribution in [0.15, 0.2) is 18.2 Å². The van der Waals surface area contributed by atoms with Crippen LogP contribution in [0.3, 0.4) is 0 Å². The van der Waals surface area contributed by atoms with Gasteiger partial charge in [-0.3, -0.25) is 0 Å². The molecule has 1 fully saturated rings. The van der Waals surface area contributed by atoms with E-state index in [1.54, 1.807) is 6.07 Å². The Balaban J connectivity index is 2.17. The molecule has 0 aliphatic heterocycles. The third kappa shape index (κ3) is 1.27. The minimum absolute atomic E-state index is 0.144. The van der Waals surface area contributed by atoms with Crippen molar-refractivity contribution in [3.63, 3.8) is 0 Å². The van der Waals surface area contributed by atoms with Crippen molar-refractivity contribution in [2.75, 3.05) is 0 Å². The quantitative estimate of drug-likeness (QED) is 0.694. The number of aromatic nitrogens is 3. The van der Waals surface area contributed by atoms with Gasteiger partial charge in [-0.1, -0.05) is 11.3 Å².